The van der Waals surface area contributed by atoms with Crippen LogP contribution in [0.4, 0.5) is 0 Å². The van der Waals surface area contributed by atoms with Crippen LogP contribution in [0.2, 0.25) is 0 Å². The summed E-state index contributed by atoms with van der Waals surface area (Å²) >= 11 is 0. The Morgan fingerprint density at radius 3 is 2.43 bits per heavy atom. The molecule has 0 fully saturated rings. The van der Waals surface area contributed by atoms with Crippen molar-refractivity contribution >= 4 is 15.7 Å². The molecule has 0 aliphatic carbocycles. The van der Waals surface area contributed by atoms with Crippen molar-refractivity contribution < 1.29 is 17.6 Å². The highest BCUT2D eigenvalue weighted by molar-refractivity contribution is 7.91. The number of carbonyl (C=O) groups excluding carboxylic acids is 1. The maximum absolute atomic E-state index is 13.2. The zero-order valence-corrected chi connectivity index (χ0v) is 16.5. The van der Waals surface area contributed by atoms with Gasteiger partial charge in [0.25, 0.3) is 5.91 Å². The summed E-state index contributed by atoms with van der Waals surface area (Å²) in [7, 11) is -3.77. The number of hydrogen-bond acceptors (Lipinski definition) is 5. The van der Waals surface area contributed by atoms with Gasteiger partial charge < -0.3 is 9.73 Å². The van der Waals surface area contributed by atoms with Crippen LogP contribution in [0.25, 0.3) is 0 Å². The lowest BCUT2D eigenvalue weighted by atomic mass is 10.0. The Morgan fingerprint density at radius 1 is 1.11 bits per heavy atom. The van der Waals surface area contributed by atoms with Crippen LogP contribution in [0.3, 0.4) is 0 Å². The molecule has 0 saturated carbocycles. The number of aromatic nitrogens is 1. The molecule has 0 aliphatic heterocycles. The van der Waals surface area contributed by atoms with E-state index in [0.717, 1.165) is 5.56 Å². The summed E-state index contributed by atoms with van der Waals surface area (Å²) in [6.07, 6.45) is 4.41. The van der Waals surface area contributed by atoms with E-state index in [1.54, 1.807) is 42.6 Å². The first kappa shape index (κ1) is 19.8. The molecule has 0 saturated heterocycles. The highest BCUT2D eigenvalue weighted by Gasteiger charge is 2.32. The normalized spacial score (nSPS) is 12.7. The smallest absolute Gasteiger partial charge is 0.252 e. The summed E-state index contributed by atoms with van der Waals surface area (Å²) in [6, 6.07) is 13.3. The molecule has 0 spiro atoms. The van der Waals surface area contributed by atoms with E-state index >= 15 is 0 Å². The Morgan fingerprint density at radius 2 is 1.86 bits per heavy atom. The van der Waals surface area contributed by atoms with Gasteiger partial charge in [-0.15, -0.1) is 0 Å². The van der Waals surface area contributed by atoms with Crippen LogP contribution in [-0.4, -0.2) is 25.9 Å². The zero-order valence-electron chi connectivity index (χ0n) is 15.7. The molecule has 28 heavy (non-hydrogen) atoms. The third-order valence-electron chi connectivity index (χ3n) is 4.48. The van der Waals surface area contributed by atoms with Gasteiger partial charge in [0.1, 0.15) is 11.0 Å². The molecule has 7 heteroatoms. The molecule has 1 atom stereocenters. The second-order valence-electron chi connectivity index (χ2n) is 6.72. The number of hydrogen-bond donors (Lipinski definition) is 1. The molecular weight excluding hydrogens is 376 g/mol. The van der Waals surface area contributed by atoms with Crippen molar-refractivity contribution in [2.45, 2.75) is 29.9 Å². The Hall–Kier alpha value is -2.93. The second kappa shape index (κ2) is 8.39. The third kappa shape index (κ3) is 4.31. The molecule has 146 valence electrons. The molecular formula is C21H22N2O4S. The minimum atomic E-state index is -3.77. The van der Waals surface area contributed by atoms with Gasteiger partial charge in [-0.05, 0) is 47.9 Å². The van der Waals surface area contributed by atoms with Crippen molar-refractivity contribution in [3.8, 4) is 0 Å². The second-order valence-corrected chi connectivity index (χ2v) is 8.85. The first-order chi connectivity index (χ1) is 13.4. The van der Waals surface area contributed by atoms with Crippen LogP contribution in [0.15, 0.2) is 76.5 Å². The average Bonchev–Trinajstić information content (AvgIpc) is 3.23. The number of nitrogens with zero attached hydrogens (tertiary/aromatic N) is 1. The Kier molecular flexibility index (Phi) is 5.94. The lowest BCUT2D eigenvalue weighted by molar-refractivity contribution is 0.0953. The summed E-state index contributed by atoms with van der Waals surface area (Å²) in [5.41, 5.74) is 1.41. The fourth-order valence-electron chi connectivity index (χ4n) is 2.83. The Bertz CT molecular complexity index is 1010. The quantitative estimate of drug-likeness (QED) is 0.655. The van der Waals surface area contributed by atoms with Crippen LogP contribution < -0.4 is 5.32 Å². The van der Waals surface area contributed by atoms with Crippen molar-refractivity contribution in [1.29, 1.82) is 0 Å². The van der Waals surface area contributed by atoms with Crippen LogP contribution >= 0.6 is 0 Å². The average molecular weight is 398 g/mol. The fourth-order valence-corrected chi connectivity index (χ4v) is 4.42. The van der Waals surface area contributed by atoms with E-state index in [-0.39, 0.29) is 17.2 Å². The lowest BCUT2D eigenvalue weighted by Crippen LogP contribution is -2.31. The van der Waals surface area contributed by atoms with Gasteiger partial charge in [0, 0.05) is 18.9 Å². The number of nitrogens with one attached hydrogen (secondary N) is 1. The largest absolute Gasteiger partial charge is 0.468 e. The molecule has 1 N–H and O–H groups in total. The highest BCUT2D eigenvalue weighted by atomic mass is 32.2. The van der Waals surface area contributed by atoms with Crippen molar-refractivity contribution in [3.63, 3.8) is 0 Å². The van der Waals surface area contributed by atoms with Crippen LogP contribution in [0.5, 0.6) is 0 Å². The van der Waals surface area contributed by atoms with E-state index in [4.69, 9.17) is 4.42 Å². The number of pyridine rings is 1. The van der Waals surface area contributed by atoms with Gasteiger partial charge in [0.15, 0.2) is 9.84 Å². The number of furan rings is 1. The van der Waals surface area contributed by atoms with E-state index in [2.05, 4.69) is 10.3 Å². The van der Waals surface area contributed by atoms with Gasteiger partial charge in [0.05, 0.1) is 16.7 Å². The standard InChI is InChI=1S/C21H22N2O4S/c1-15(2)16-7-9-18(10-8-16)28(25,26)20(19-6-4-12-27-19)14-23-21(24)17-5-3-11-22-13-17/h3-13,15,20H,14H2,1-2H3,(H,23,24)/t20-/m1/s1. The fraction of sp³-hybridized carbons (Fsp3) is 0.238. The van der Waals surface area contributed by atoms with Crippen molar-refractivity contribution in [2.24, 2.45) is 0 Å². The summed E-state index contributed by atoms with van der Waals surface area (Å²) in [5.74, 6) is 0.186. The molecule has 3 aromatic rings. The molecule has 6 nitrogen and oxygen atoms in total. The van der Waals surface area contributed by atoms with E-state index in [9.17, 15) is 13.2 Å². The molecule has 3 rings (SSSR count). The predicted octanol–water partition coefficient (Wildman–Crippen LogP) is 3.74. The molecule has 0 aliphatic rings. The summed E-state index contributed by atoms with van der Waals surface area (Å²) in [5, 5.41) is 1.64. The summed E-state index contributed by atoms with van der Waals surface area (Å²) < 4.78 is 31.8. The first-order valence-electron chi connectivity index (χ1n) is 8.95. The minimum absolute atomic E-state index is 0.116. The molecule has 0 bridgehead atoms. The van der Waals surface area contributed by atoms with E-state index < -0.39 is 21.0 Å². The number of amides is 1. The molecule has 2 aromatic heterocycles. The molecule has 0 radical (unpaired) electrons. The van der Waals surface area contributed by atoms with E-state index in [1.165, 1.54) is 12.5 Å². The van der Waals surface area contributed by atoms with Gasteiger partial charge in [-0.1, -0.05) is 26.0 Å². The topological polar surface area (TPSA) is 89.3 Å². The van der Waals surface area contributed by atoms with Crippen LogP contribution in [0, 0.1) is 0 Å². The van der Waals surface area contributed by atoms with Crippen LogP contribution in [-0.2, 0) is 9.84 Å². The van der Waals surface area contributed by atoms with Gasteiger partial charge in [-0.2, -0.15) is 0 Å². The molecule has 2 heterocycles. The summed E-state index contributed by atoms with van der Waals surface area (Å²) in [4.78, 5) is 16.4. The summed E-state index contributed by atoms with van der Waals surface area (Å²) in [6.45, 7) is 3.97. The number of benzene rings is 1. The molecule has 0 unspecified atom stereocenters. The van der Waals surface area contributed by atoms with Gasteiger partial charge in [-0.3, -0.25) is 9.78 Å². The minimum Gasteiger partial charge on any atom is -0.468 e. The van der Waals surface area contributed by atoms with Gasteiger partial charge >= 0.3 is 0 Å². The predicted molar refractivity (Wildman–Crippen MR) is 106 cm³/mol. The SMILES string of the molecule is CC(C)c1ccc(S(=O)(=O)[C@H](CNC(=O)c2cccnc2)c2ccco2)cc1. The Balaban J connectivity index is 1.86. The Labute approximate surface area is 164 Å². The number of rotatable bonds is 7. The zero-order chi connectivity index (χ0) is 20.1. The monoisotopic (exact) mass is 398 g/mol. The van der Waals surface area contributed by atoms with Crippen molar-refractivity contribution in [1.82, 2.24) is 10.3 Å². The van der Waals surface area contributed by atoms with E-state index in [1.807, 2.05) is 26.0 Å². The highest BCUT2D eigenvalue weighted by Crippen LogP contribution is 2.30. The van der Waals surface area contributed by atoms with Gasteiger partial charge in [-0.25, -0.2) is 8.42 Å². The number of sulfone groups is 1. The van der Waals surface area contributed by atoms with E-state index in [0.29, 0.717) is 11.5 Å². The molecule has 1 amide bonds. The van der Waals surface area contributed by atoms with Crippen molar-refractivity contribution in [3.05, 3.63) is 84.1 Å². The molecule has 1 aromatic carbocycles. The lowest BCUT2D eigenvalue weighted by Gasteiger charge is -2.17. The third-order valence-corrected chi connectivity index (χ3v) is 6.56. The maximum Gasteiger partial charge on any atom is 0.252 e. The first-order valence-corrected chi connectivity index (χ1v) is 10.5. The number of carbonyl (C=O) groups is 1. The van der Waals surface area contributed by atoms with Gasteiger partial charge in [0.2, 0.25) is 0 Å². The van der Waals surface area contributed by atoms with Crippen molar-refractivity contribution in [2.75, 3.05) is 6.54 Å². The van der Waals surface area contributed by atoms with Crippen LogP contribution in [0.1, 0.15) is 46.7 Å². The maximum atomic E-state index is 13.2.